The smallest absolute Gasteiger partial charge is 0.349 e. The highest BCUT2D eigenvalue weighted by atomic mass is 127. The van der Waals surface area contributed by atoms with E-state index >= 15 is 0 Å². The lowest BCUT2D eigenvalue weighted by atomic mass is 10.2. The largest absolute Gasteiger partial charge is 0.459 e. The molecule has 1 heterocycles. The molecular formula is C11H9BrINO4. The predicted octanol–water partition coefficient (Wildman–Crippen LogP) is 2.74. The van der Waals surface area contributed by atoms with Gasteiger partial charge in [-0.1, -0.05) is 0 Å². The Hall–Kier alpha value is -0.850. The lowest BCUT2D eigenvalue weighted by Crippen LogP contribution is -2.11. The first-order chi connectivity index (χ1) is 8.58. The summed E-state index contributed by atoms with van der Waals surface area (Å²) >= 11 is 5.26. The van der Waals surface area contributed by atoms with Crippen LogP contribution >= 0.6 is 38.5 Å². The van der Waals surface area contributed by atoms with Crippen molar-refractivity contribution in [2.24, 2.45) is 0 Å². The summed E-state index contributed by atoms with van der Waals surface area (Å²) < 4.78 is 16.3. The van der Waals surface area contributed by atoms with Crippen molar-refractivity contribution in [1.82, 2.24) is 0 Å². The van der Waals surface area contributed by atoms with Crippen LogP contribution in [-0.4, -0.2) is 26.3 Å². The average molecular weight is 426 g/mol. The van der Waals surface area contributed by atoms with Crippen LogP contribution in [0.1, 0.15) is 5.76 Å². The summed E-state index contributed by atoms with van der Waals surface area (Å²) in [5.41, 5.74) is -0.122. The fourth-order valence-electron chi connectivity index (χ4n) is 1.01. The van der Waals surface area contributed by atoms with Crippen LogP contribution in [0.2, 0.25) is 0 Å². The number of nitriles is 1. The van der Waals surface area contributed by atoms with Crippen LogP contribution in [0.3, 0.4) is 0 Å². The van der Waals surface area contributed by atoms with E-state index in [-0.39, 0.29) is 18.8 Å². The molecule has 0 aromatic carbocycles. The molecule has 18 heavy (non-hydrogen) atoms. The van der Waals surface area contributed by atoms with Crippen LogP contribution in [0.15, 0.2) is 20.5 Å². The Labute approximate surface area is 126 Å². The molecule has 0 N–H and O–H groups in total. The van der Waals surface area contributed by atoms with E-state index in [1.54, 1.807) is 12.1 Å². The molecule has 7 heteroatoms. The second-order valence-electron chi connectivity index (χ2n) is 3.07. The second-order valence-corrected chi connectivity index (χ2v) is 4.90. The third kappa shape index (κ3) is 4.44. The van der Waals surface area contributed by atoms with E-state index in [0.29, 0.717) is 9.53 Å². The first-order valence-corrected chi connectivity index (χ1v) is 6.68. The van der Waals surface area contributed by atoms with Gasteiger partial charge in [-0.05, 0) is 22.0 Å². The zero-order valence-corrected chi connectivity index (χ0v) is 13.1. The standard InChI is InChI=1S/C11H9BrINO4/c1-16-2-3-17-11(15)7(6-14)4-8-5-9(12)10(13)18-8/h4-5H,2-3H2,1H3/b7-4+. The van der Waals surface area contributed by atoms with Crippen LogP contribution in [0.5, 0.6) is 0 Å². The molecule has 0 spiro atoms. The van der Waals surface area contributed by atoms with Crippen molar-refractivity contribution in [3.63, 3.8) is 0 Å². The summed E-state index contributed by atoms with van der Waals surface area (Å²) in [6, 6.07) is 3.44. The third-order valence-electron chi connectivity index (χ3n) is 1.81. The van der Waals surface area contributed by atoms with Gasteiger partial charge in [0.25, 0.3) is 0 Å². The molecule has 0 fully saturated rings. The summed E-state index contributed by atoms with van der Waals surface area (Å²) in [5, 5.41) is 8.88. The number of hydrogen-bond donors (Lipinski definition) is 0. The Balaban J connectivity index is 2.77. The molecular weight excluding hydrogens is 417 g/mol. The van der Waals surface area contributed by atoms with Crippen molar-refractivity contribution in [2.75, 3.05) is 20.3 Å². The molecule has 0 atom stereocenters. The van der Waals surface area contributed by atoms with Gasteiger partial charge < -0.3 is 13.9 Å². The monoisotopic (exact) mass is 425 g/mol. The molecule has 0 radical (unpaired) electrons. The van der Waals surface area contributed by atoms with Gasteiger partial charge in [-0.15, -0.1) is 0 Å². The Morgan fingerprint density at radius 2 is 2.39 bits per heavy atom. The topological polar surface area (TPSA) is 72.5 Å². The second kappa shape index (κ2) is 7.56. The molecule has 5 nitrogen and oxygen atoms in total. The summed E-state index contributed by atoms with van der Waals surface area (Å²) in [6.45, 7) is 0.391. The van der Waals surface area contributed by atoms with E-state index in [1.807, 2.05) is 22.6 Å². The molecule has 1 rings (SSSR count). The highest BCUT2D eigenvalue weighted by molar-refractivity contribution is 14.1. The van der Waals surface area contributed by atoms with Crippen molar-refractivity contribution in [2.45, 2.75) is 0 Å². The molecule has 0 saturated heterocycles. The molecule has 96 valence electrons. The van der Waals surface area contributed by atoms with Gasteiger partial charge in [0, 0.05) is 35.8 Å². The number of nitrogens with zero attached hydrogens (tertiary/aromatic N) is 1. The first-order valence-electron chi connectivity index (χ1n) is 4.81. The Morgan fingerprint density at radius 1 is 1.67 bits per heavy atom. The summed E-state index contributed by atoms with van der Waals surface area (Å²) in [5.74, 6) is -0.288. The number of carbonyl (C=O) groups is 1. The molecule has 1 aromatic heterocycles. The van der Waals surface area contributed by atoms with Gasteiger partial charge in [0.1, 0.15) is 24.0 Å². The van der Waals surface area contributed by atoms with Crippen LogP contribution in [-0.2, 0) is 14.3 Å². The quantitative estimate of drug-likeness (QED) is 0.238. The maximum absolute atomic E-state index is 11.5. The Morgan fingerprint density at radius 3 is 2.89 bits per heavy atom. The van der Waals surface area contributed by atoms with E-state index in [9.17, 15) is 4.79 Å². The normalized spacial score (nSPS) is 11.1. The van der Waals surface area contributed by atoms with Crippen LogP contribution < -0.4 is 0 Å². The summed E-state index contributed by atoms with van der Waals surface area (Å²) in [4.78, 5) is 11.5. The number of rotatable bonds is 5. The molecule has 0 saturated carbocycles. The van der Waals surface area contributed by atoms with Crippen molar-refractivity contribution in [1.29, 1.82) is 5.26 Å². The number of esters is 1. The lowest BCUT2D eigenvalue weighted by molar-refractivity contribution is -0.139. The van der Waals surface area contributed by atoms with Crippen LogP contribution in [0, 0.1) is 15.1 Å². The van der Waals surface area contributed by atoms with Gasteiger partial charge in [-0.3, -0.25) is 0 Å². The summed E-state index contributed by atoms with van der Waals surface area (Å²) in [6.07, 6.45) is 1.34. The van der Waals surface area contributed by atoms with Gasteiger partial charge in [0.05, 0.1) is 11.1 Å². The minimum absolute atomic E-state index is 0.105. The molecule has 1 aromatic rings. The van der Waals surface area contributed by atoms with Crippen molar-refractivity contribution in [3.8, 4) is 6.07 Å². The van der Waals surface area contributed by atoms with Gasteiger partial charge in [-0.25, -0.2) is 4.79 Å². The SMILES string of the molecule is COCCOC(=O)/C(C#N)=C/c1cc(Br)c(I)o1. The van der Waals surface area contributed by atoms with Crippen LogP contribution in [0.4, 0.5) is 0 Å². The van der Waals surface area contributed by atoms with E-state index in [4.69, 9.17) is 19.2 Å². The number of methoxy groups -OCH3 is 1. The molecule has 0 aliphatic rings. The number of halogens is 2. The third-order valence-corrected chi connectivity index (χ3v) is 3.94. The number of hydrogen-bond acceptors (Lipinski definition) is 5. The highest BCUT2D eigenvalue weighted by Gasteiger charge is 2.12. The van der Waals surface area contributed by atoms with Gasteiger partial charge >= 0.3 is 5.97 Å². The van der Waals surface area contributed by atoms with Gasteiger partial charge in [-0.2, -0.15) is 5.26 Å². The average Bonchev–Trinajstić information content (AvgIpc) is 2.65. The predicted molar refractivity (Wildman–Crippen MR) is 75.6 cm³/mol. The zero-order chi connectivity index (χ0) is 13.5. The lowest BCUT2D eigenvalue weighted by Gasteiger charge is -2.01. The minimum Gasteiger partial charge on any atom is -0.459 e. The van der Waals surface area contributed by atoms with Crippen LogP contribution in [0.25, 0.3) is 6.08 Å². The zero-order valence-electron chi connectivity index (χ0n) is 9.41. The molecule has 0 amide bonds. The van der Waals surface area contributed by atoms with E-state index in [0.717, 1.165) is 4.47 Å². The van der Waals surface area contributed by atoms with E-state index in [2.05, 4.69) is 15.9 Å². The Kier molecular flexibility index (Phi) is 6.38. The maximum Gasteiger partial charge on any atom is 0.349 e. The minimum atomic E-state index is -0.697. The molecule has 0 aliphatic carbocycles. The van der Waals surface area contributed by atoms with Gasteiger partial charge in [0.15, 0.2) is 3.77 Å². The fraction of sp³-hybridized carbons (Fsp3) is 0.273. The van der Waals surface area contributed by atoms with E-state index < -0.39 is 5.97 Å². The van der Waals surface area contributed by atoms with Gasteiger partial charge in [0.2, 0.25) is 0 Å². The number of carbonyl (C=O) groups excluding carboxylic acids is 1. The number of ether oxygens (including phenoxy) is 2. The maximum atomic E-state index is 11.5. The van der Waals surface area contributed by atoms with E-state index in [1.165, 1.54) is 13.2 Å². The van der Waals surface area contributed by atoms with Crippen molar-refractivity contribution in [3.05, 3.63) is 25.6 Å². The first kappa shape index (κ1) is 15.2. The van der Waals surface area contributed by atoms with Crippen molar-refractivity contribution < 1.29 is 18.7 Å². The summed E-state index contributed by atoms with van der Waals surface area (Å²) in [7, 11) is 1.50. The molecule has 0 bridgehead atoms. The van der Waals surface area contributed by atoms with Crippen molar-refractivity contribution >= 4 is 50.6 Å². The fourth-order valence-corrected chi connectivity index (χ4v) is 1.73. The molecule has 0 unspecified atom stereocenters. The molecule has 0 aliphatic heterocycles. The Bertz CT molecular complexity index is 484. The number of furan rings is 1. The highest BCUT2D eigenvalue weighted by Crippen LogP contribution is 2.24.